The Morgan fingerprint density at radius 2 is 2.00 bits per heavy atom. The smallest absolute Gasteiger partial charge is 0.224 e. The molecule has 1 heterocycles. The molecule has 2 rings (SSSR count). The highest BCUT2D eigenvalue weighted by Crippen LogP contribution is 2.12. The van der Waals surface area contributed by atoms with Crippen LogP contribution in [-0.2, 0) is 21.2 Å². The monoisotopic (exact) mass is 366 g/mol. The fourth-order valence-corrected chi connectivity index (χ4v) is 4.31. The number of anilines is 1. The van der Waals surface area contributed by atoms with Gasteiger partial charge in [0.05, 0.1) is 11.5 Å². The van der Waals surface area contributed by atoms with Gasteiger partial charge in [0.25, 0.3) is 0 Å². The van der Waals surface area contributed by atoms with Crippen molar-refractivity contribution in [1.29, 1.82) is 0 Å². The Labute approximate surface area is 149 Å². The largest absolute Gasteiger partial charge is 0.353 e. The van der Waals surface area contributed by atoms with Gasteiger partial charge in [-0.15, -0.1) is 0 Å². The molecule has 0 aliphatic carbocycles. The van der Waals surface area contributed by atoms with E-state index in [4.69, 9.17) is 0 Å². The lowest BCUT2D eigenvalue weighted by Gasteiger charge is -2.16. The van der Waals surface area contributed by atoms with E-state index in [9.17, 15) is 13.2 Å². The molecule has 1 unspecified atom stereocenters. The van der Waals surface area contributed by atoms with Crippen LogP contribution >= 0.6 is 0 Å². The molecule has 25 heavy (non-hydrogen) atoms. The SMILES string of the molecule is CCCC(=O)Nc1ccc(CNC(=NC)NC2CCS(=O)(=O)C2)cc1. The fourth-order valence-electron chi connectivity index (χ4n) is 2.64. The molecule has 8 heteroatoms. The number of benzene rings is 1. The maximum absolute atomic E-state index is 11.6. The third-order valence-corrected chi connectivity index (χ3v) is 5.74. The first-order chi connectivity index (χ1) is 11.9. The molecule has 1 amide bonds. The zero-order valence-electron chi connectivity index (χ0n) is 14.7. The first kappa shape index (κ1) is 19.2. The predicted molar refractivity (Wildman–Crippen MR) is 100 cm³/mol. The number of aliphatic imine (C=N–C) groups is 1. The molecule has 0 spiro atoms. The lowest BCUT2D eigenvalue weighted by atomic mass is 10.2. The van der Waals surface area contributed by atoms with Crippen molar-refractivity contribution in [3.63, 3.8) is 0 Å². The standard InChI is InChI=1S/C17H26N4O3S/c1-3-4-16(22)20-14-7-5-13(6-8-14)11-19-17(18-2)21-15-9-10-25(23,24)12-15/h5-8,15H,3-4,9-12H2,1-2H3,(H,20,22)(H2,18,19,21). The zero-order chi connectivity index (χ0) is 18.3. The van der Waals surface area contributed by atoms with Gasteiger partial charge in [-0.2, -0.15) is 0 Å². The van der Waals surface area contributed by atoms with E-state index in [2.05, 4.69) is 20.9 Å². The fraction of sp³-hybridized carbons (Fsp3) is 0.529. The van der Waals surface area contributed by atoms with Gasteiger partial charge >= 0.3 is 0 Å². The van der Waals surface area contributed by atoms with Gasteiger partial charge in [-0.1, -0.05) is 19.1 Å². The van der Waals surface area contributed by atoms with Crippen molar-refractivity contribution in [2.45, 2.75) is 38.8 Å². The minimum absolute atomic E-state index is 0.0180. The van der Waals surface area contributed by atoms with Crippen LogP contribution in [0.3, 0.4) is 0 Å². The van der Waals surface area contributed by atoms with Gasteiger partial charge in [0.1, 0.15) is 0 Å². The second kappa shape index (κ2) is 8.84. The summed E-state index contributed by atoms with van der Waals surface area (Å²) in [5, 5.41) is 9.17. The molecular formula is C17H26N4O3S. The third-order valence-electron chi connectivity index (χ3n) is 3.97. The van der Waals surface area contributed by atoms with Gasteiger partial charge in [0, 0.05) is 31.7 Å². The summed E-state index contributed by atoms with van der Waals surface area (Å²) in [6.07, 6.45) is 1.94. The maximum atomic E-state index is 11.6. The molecule has 1 atom stereocenters. The number of hydrogen-bond donors (Lipinski definition) is 3. The van der Waals surface area contributed by atoms with Crippen LogP contribution in [0.2, 0.25) is 0 Å². The molecule has 0 aromatic heterocycles. The number of nitrogens with zero attached hydrogens (tertiary/aromatic N) is 1. The van der Waals surface area contributed by atoms with E-state index >= 15 is 0 Å². The highest BCUT2D eigenvalue weighted by Gasteiger charge is 2.28. The van der Waals surface area contributed by atoms with Crippen LogP contribution in [-0.4, -0.2) is 44.9 Å². The highest BCUT2D eigenvalue weighted by molar-refractivity contribution is 7.91. The minimum atomic E-state index is -2.92. The number of carbonyl (C=O) groups is 1. The Balaban J connectivity index is 1.82. The van der Waals surface area contributed by atoms with Gasteiger partial charge in [0.2, 0.25) is 5.91 Å². The van der Waals surface area contributed by atoms with Crippen molar-refractivity contribution >= 4 is 27.4 Å². The van der Waals surface area contributed by atoms with Crippen LogP contribution in [0.15, 0.2) is 29.3 Å². The van der Waals surface area contributed by atoms with Gasteiger partial charge in [-0.3, -0.25) is 9.79 Å². The molecule has 138 valence electrons. The van der Waals surface area contributed by atoms with Crippen molar-refractivity contribution in [2.24, 2.45) is 4.99 Å². The van der Waals surface area contributed by atoms with Crippen LogP contribution in [0.25, 0.3) is 0 Å². The molecule has 7 nitrogen and oxygen atoms in total. The average Bonchev–Trinajstić information content (AvgIpc) is 2.91. The van der Waals surface area contributed by atoms with Crippen molar-refractivity contribution in [1.82, 2.24) is 10.6 Å². The van der Waals surface area contributed by atoms with Gasteiger partial charge in [-0.05, 0) is 30.5 Å². The Morgan fingerprint density at radius 1 is 1.28 bits per heavy atom. The highest BCUT2D eigenvalue weighted by atomic mass is 32.2. The number of guanidine groups is 1. The molecule has 0 radical (unpaired) electrons. The zero-order valence-corrected chi connectivity index (χ0v) is 15.5. The number of rotatable bonds is 6. The summed E-state index contributed by atoms with van der Waals surface area (Å²) in [6.45, 7) is 2.53. The summed E-state index contributed by atoms with van der Waals surface area (Å²) >= 11 is 0. The van der Waals surface area contributed by atoms with Crippen molar-refractivity contribution in [2.75, 3.05) is 23.9 Å². The average molecular weight is 366 g/mol. The summed E-state index contributed by atoms with van der Waals surface area (Å²) in [5.41, 5.74) is 1.82. The number of amides is 1. The number of nitrogens with one attached hydrogen (secondary N) is 3. The first-order valence-electron chi connectivity index (χ1n) is 8.48. The van der Waals surface area contributed by atoms with E-state index in [-0.39, 0.29) is 23.5 Å². The number of hydrogen-bond acceptors (Lipinski definition) is 4. The molecule has 0 saturated carbocycles. The third kappa shape index (κ3) is 6.38. The van der Waals surface area contributed by atoms with Crippen molar-refractivity contribution < 1.29 is 13.2 Å². The summed E-state index contributed by atoms with van der Waals surface area (Å²) in [6, 6.07) is 7.51. The summed E-state index contributed by atoms with van der Waals surface area (Å²) < 4.78 is 23.0. The van der Waals surface area contributed by atoms with E-state index in [1.54, 1.807) is 7.05 Å². The Bertz CT molecular complexity index is 714. The minimum Gasteiger partial charge on any atom is -0.353 e. The van der Waals surface area contributed by atoms with Crippen LogP contribution in [0, 0.1) is 0 Å². The summed E-state index contributed by atoms with van der Waals surface area (Å²) in [4.78, 5) is 15.7. The Hall–Kier alpha value is -2.09. The topological polar surface area (TPSA) is 99.7 Å². The van der Waals surface area contributed by atoms with Crippen LogP contribution in [0.5, 0.6) is 0 Å². The quantitative estimate of drug-likeness (QED) is 0.520. The second-order valence-electron chi connectivity index (χ2n) is 6.17. The maximum Gasteiger partial charge on any atom is 0.224 e. The van der Waals surface area contributed by atoms with E-state index in [0.717, 1.165) is 17.7 Å². The van der Waals surface area contributed by atoms with E-state index < -0.39 is 9.84 Å². The van der Waals surface area contributed by atoms with Crippen LogP contribution in [0.1, 0.15) is 31.7 Å². The molecule has 0 bridgehead atoms. The van der Waals surface area contributed by atoms with Crippen molar-refractivity contribution in [3.8, 4) is 0 Å². The van der Waals surface area contributed by atoms with Gasteiger partial charge in [0.15, 0.2) is 15.8 Å². The lowest BCUT2D eigenvalue weighted by molar-refractivity contribution is -0.116. The summed E-state index contributed by atoms with van der Waals surface area (Å²) in [7, 11) is -1.26. The molecule has 1 aliphatic rings. The molecule has 3 N–H and O–H groups in total. The predicted octanol–water partition coefficient (Wildman–Crippen LogP) is 1.28. The Morgan fingerprint density at radius 3 is 2.56 bits per heavy atom. The lowest BCUT2D eigenvalue weighted by Crippen LogP contribution is -2.43. The second-order valence-corrected chi connectivity index (χ2v) is 8.39. The molecule has 1 saturated heterocycles. The summed E-state index contributed by atoms with van der Waals surface area (Å²) in [5.74, 6) is 0.985. The van der Waals surface area contributed by atoms with Crippen LogP contribution in [0.4, 0.5) is 5.69 Å². The van der Waals surface area contributed by atoms with E-state index in [1.165, 1.54) is 0 Å². The first-order valence-corrected chi connectivity index (χ1v) is 10.3. The molecule has 1 aromatic carbocycles. The number of carbonyl (C=O) groups excluding carboxylic acids is 1. The Kier molecular flexibility index (Phi) is 6.81. The normalized spacial score (nSPS) is 19.4. The van der Waals surface area contributed by atoms with E-state index in [1.807, 2.05) is 31.2 Å². The molecule has 1 aromatic rings. The van der Waals surface area contributed by atoms with Gasteiger partial charge < -0.3 is 16.0 Å². The van der Waals surface area contributed by atoms with E-state index in [0.29, 0.717) is 25.3 Å². The molecular weight excluding hydrogens is 340 g/mol. The van der Waals surface area contributed by atoms with Gasteiger partial charge in [-0.25, -0.2) is 8.42 Å². The number of sulfone groups is 1. The molecule has 1 fully saturated rings. The molecule has 1 aliphatic heterocycles. The van der Waals surface area contributed by atoms with Crippen molar-refractivity contribution in [3.05, 3.63) is 29.8 Å². The van der Waals surface area contributed by atoms with Crippen LogP contribution < -0.4 is 16.0 Å².